The zero-order chi connectivity index (χ0) is 13.0. The molecule has 1 heterocycles. The lowest BCUT2D eigenvalue weighted by atomic mass is 10.1. The normalized spacial score (nSPS) is 11.8. The van der Waals surface area contributed by atoms with Crippen LogP contribution >= 0.6 is 0 Å². The van der Waals surface area contributed by atoms with Crippen LogP contribution in [0.3, 0.4) is 0 Å². The smallest absolute Gasteiger partial charge is 0.134 e. The minimum atomic E-state index is 0.194. The van der Waals surface area contributed by atoms with E-state index >= 15 is 0 Å². The van der Waals surface area contributed by atoms with Crippen LogP contribution in [0.25, 0.3) is 10.8 Å². The molecule has 0 saturated carbocycles. The van der Waals surface area contributed by atoms with Crippen LogP contribution in [-0.2, 0) is 0 Å². The van der Waals surface area contributed by atoms with Crippen molar-refractivity contribution in [3.8, 4) is 18.1 Å². The highest BCUT2D eigenvalue weighted by Crippen LogP contribution is 2.29. The Morgan fingerprint density at radius 1 is 1.39 bits per heavy atom. The molecule has 0 aliphatic rings. The Morgan fingerprint density at radius 3 is 2.94 bits per heavy atom. The van der Waals surface area contributed by atoms with Crippen molar-refractivity contribution in [1.29, 1.82) is 0 Å². The van der Waals surface area contributed by atoms with Gasteiger partial charge in [-0.3, -0.25) is 0 Å². The molecule has 0 spiro atoms. The SMILES string of the molecule is C#CCC(C)Nc1nccc2c(OC)cccc12. The van der Waals surface area contributed by atoms with Crippen molar-refractivity contribution in [3.05, 3.63) is 30.5 Å². The van der Waals surface area contributed by atoms with Crippen LogP contribution in [0.1, 0.15) is 13.3 Å². The number of aromatic nitrogens is 1. The maximum atomic E-state index is 5.35. The van der Waals surface area contributed by atoms with Gasteiger partial charge in [0.2, 0.25) is 0 Å². The number of ether oxygens (including phenoxy) is 1. The number of hydrogen-bond acceptors (Lipinski definition) is 3. The maximum absolute atomic E-state index is 5.35. The Labute approximate surface area is 107 Å². The van der Waals surface area contributed by atoms with Gasteiger partial charge in [-0.1, -0.05) is 12.1 Å². The molecule has 0 amide bonds. The first-order valence-corrected chi connectivity index (χ1v) is 5.88. The van der Waals surface area contributed by atoms with Gasteiger partial charge in [-0.2, -0.15) is 0 Å². The highest BCUT2D eigenvalue weighted by molar-refractivity contribution is 5.95. The van der Waals surface area contributed by atoms with E-state index in [1.807, 2.05) is 31.2 Å². The van der Waals surface area contributed by atoms with E-state index in [1.54, 1.807) is 13.3 Å². The van der Waals surface area contributed by atoms with E-state index in [0.29, 0.717) is 6.42 Å². The highest BCUT2D eigenvalue weighted by atomic mass is 16.5. The van der Waals surface area contributed by atoms with Gasteiger partial charge < -0.3 is 10.1 Å². The zero-order valence-corrected chi connectivity index (χ0v) is 10.6. The summed E-state index contributed by atoms with van der Waals surface area (Å²) >= 11 is 0. The molecule has 0 bridgehead atoms. The van der Waals surface area contributed by atoms with Crippen LogP contribution in [0, 0.1) is 12.3 Å². The molecular formula is C15H16N2O. The van der Waals surface area contributed by atoms with Crippen molar-refractivity contribution in [3.63, 3.8) is 0 Å². The lowest BCUT2D eigenvalue weighted by molar-refractivity contribution is 0.420. The van der Waals surface area contributed by atoms with Gasteiger partial charge in [0.05, 0.1) is 7.11 Å². The summed E-state index contributed by atoms with van der Waals surface area (Å²) in [5.41, 5.74) is 0. The Hall–Kier alpha value is -2.21. The molecule has 1 unspecified atom stereocenters. The third-order valence-corrected chi connectivity index (χ3v) is 2.79. The van der Waals surface area contributed by atoms with E-state index < -0.39 is 0 Å². The molecule has 0 saturated heterocycles. The topological polar surface area (TPSA) is 34.2 Å². The van der Waals surface area contributed by atoms with E-state index in [0.717, 1.165) is 22.3 Å². The third kappa shape index (κ3) is 2.38. The van der Waals surface area contributed by atoms with E-state index in [1.165, 1.54) is 0 Å². The fourth-order valence-corrected chi connectivity index (χ4v) is 1.93. The molecule has 1 atom stereocenters. The lowest BCUT2D eigenvalue weighted by Gasteiger charge is -2.14. The van der Waals surface area contributed by atoms with Gasteiger partial charge in [0.1, 0.15) is 11.6 Å². The molecule has 0 radical (unpaired) electrons. The number of terminal acetylenes is 1. The van der Waals surface area contributed by atoms with Gasteiger partial charge in [0.15, 0.2) is 0 Å². The number of nitrogens with zero attached hydrogens (tertiary/aromatic N) is 1. The average molecular weight is 240 g/mol. The fraction of sp³-hybridized carbons (Fsp3) is 0.267. The average Bonchev–Trinajstić information content (AvgIpc) is 2.38. The quantitative estimate of drug-likeness (QED) is 0.834. The largest absolute Gasteiger partial charge is 0.496 e. The molecular weight excluding hydrogens is 224 g/mol. The van der Waals surface area contributed by atoms with E-state index in [2.05, 4.69) is 16.2 Å². The summed E-state index contributed by atoms with van der Waals surface area (Å²) in [6, 6.07) is 8.07. The number of fused-ring (bicyclic) bond motifs is 1. The van der Waals surface area contributed by atoms with Crippen molar-refractivity contribution in [2.45, 2.75) is 19.4 Å². The summed E-state index contributed by atoms with van der Waals surface area (Å²) in [7, 11) is 1.67. The van der Waals surface area contributed by atoms with E-state index in [4.69, 9.17) is 11.2 Å². The number of rotatable bonds is 4. The number of anilines is 1. The molecule has 0 aliphatic heterocycles. The second-order valence-electron chi connectivity index (χ2n) is 4.17. The fourth-order valence-electron chi connectivity index (χ4n) is 1.93. The molecule has 0 aliphatic carbocycles. The summed E-state index contributed by atoms with van der Waals surface area (Å²) in [4.78, 5) is 4.37. The second kappa shape index (κ2) is 5.42. The monoisotopic (exact) mass is 240 g/mol. The summed E-state index contributed by atoms with van der Waals surface area (Å²) in [5, 5.41) is 5.42. The number of pyridine rings is 1. The Bertz CT molecular complexity index is 587. The minimum absolute atomic E-state index is 0.194. The molecule has 18 heavy (non-hydrogen) atoms. The first-order valence-electron chi connectivity index (χ1n) is 5.88. The van der Waals surface area contributed by atoms with Crippen LogP contribution in [0.5, 0.6) is 5.75 Å². The van der Waals surface area contributed by atoms with Crippen molar-refractivity contribution in [2.24, 2.45) is 0 Å². The van der Waals surface area contributed by atoms with Gasteiger partial charge >= 0.3 is 0 Å². The zero-order valence-electron chi connectivity index (χ0n) is 10.6. The molecule has 1 N–H and O–H groups in total. The lowest BCUT2D eigenvalue weighted by Crippen LogP contribution is -2.15. The van der Waals surface area contributed by atoms with Crippen LogP contribution in [0.4, 0.5) is 5.82 Å². The van der Waals surface area contributed by atoms with Crippen molar-refractivity contribution in [2.75, 3.05) is 12.4 Å². The second-order valence-corrected chi connectivity index (χ2v) is 4.17. The first kappa shape index (κ1) is 12.3. The number of nitrogens with one attached hydrogen (secondary N) is 1. The first-order chi connectivity index (χ1) is 8.76. The summed E-state index contributed by atoms with van der Waals surface area (Å²) in [5.74, 6) is 4.33. The Balaban J connectivity index is 2.43. The van der Waals surface area contributed by atoms with Gasteiger partial charge in [0.25, 0.3) is 0 Å². The number of methoxy groups -OCH3 is 1. The molecule has 3 nitrogen and oxygen atoms in total. The van der Waals surface area contributed by atoms with E-state index in [-0.39, 0.29) is 6.04 Å². The van der Waals surface area contributed by atoms with Gasteiger partial charge in [-0.25, -0.2) is 4.98 Å². The van der Waals surface area contributed by atoms with Crippen LogP contribution in [-0.4, -0.2) is 18.1 Å². The Kier molecular flexibility index (Phi) is 3.69. The minimum Gasteiger partial charge on any atom is -0.496 e. The predicted octanol–water partition coefficient (Wildman–Crippen LogP) is 3.07. The molecule has 2 aromatic rings. The molecule has 3 heteroatoms. The predicted molar refractivity (Wildman–Crippen MR) is 74.8 cm³/mol. The van der Waals surface area contributed by atoms with Crippen LogP contribution in [0.2, 0.25) is 0 Å². The van der Waals surface area contributed by atoms with Gasteiger partial charge in [-0.15, -0.1) is 12.3 Å². The summed E-state index contributed by atoms with van der Waals surface area (Å²) < 4.78 is 5.35. The summed E-state index contributed by atoms with van der Waals surface area (Å²) in [6.45, 7) is 2.04. The molecule has 92 valence electrons. The van der Waals surface area contributed by atoms with E-state index in [9.17, 15) is 0 Å². The third-order valence-electron chi connectivity index (χ3n) is 2.79. The number of hydrogen-bond donors (Lipinski definition) is 1. The van der Waals surface area contributed by atoms with Crippen molar-refractivity contribution in [1.82, 2.24) is 4.98 Å². The molecule has 2 rings (SSSR count). The molecule has 1 aromatic heterocycles. The maximum Gasteiger partial charge on any atom is 0.134 e. The molecule has 1 aromatic carbocycles. The Morgan fingerprint density at radius 2 is 2.22 bits per heavy atom. The van der Waals surface area contributed by atoms with Crippen molar-refractivity contribution < 1.29 is 4.74 Å². The van der Waals surface area contributed by atoms with Crippen LogP contribution < -0.4 is 10.1 Å². The standard InChI is InChI=1S/C15H16N2O/c1-4-6-11(2)17-15-13-7-5-8-14(18-3)12(13)9-10-16-15/h1,5,7-11H,6H2,2-3H3,(H,16,17). The number of benzene rings is 1. The molecule has 0 fully saturated rings. The van der Waals surface area contributed by atoms with Gasteiger partial charge in [0, 0.05) is 29.4 Å². The van der Waals surface area contributed by atoms with Crippen LogP contribution in [0.15, 0.2) is 30.5 Å². The highest BCUT2D eigenvalue weighted by Gasteiger charge is 2.08. The van der Waals surface area contributed by atoms with Crippen molar-refractivity contribution >= 4 is 16.6 Å². The van der Waals surface area contributed by atoms with Gasteiger partial charge in [-0.05, 0) is 19.1 Å². The summed E-state index contributed by atoms with van der Waals surface area (Å²) in [6.07, 6.45) is 7.75.